The van der Waals surface area contributed by atoms with Crippen molar-refractivity contribution in [2.45, 2.75) is 13.3 Å². The summed E-state index contributed by atoms with van der Waals surface area (Å²) in [6.07, 6.45) is 8.46. The first-order valence-corrected chi connectivity index (χ1v) is 7.81. The number of rotatable bonds is 5. The van der Waals surface area contributed by atoms with Gasteiger partial charge < -0.3 is 4.57 Å². The van der Waals surface area contributed by atoms with Gasteiger partial charge in [0.1, 0.15) is 0 Å². The van der Waals surface area contributed by atoms with E-state index in [4.69, 9.17) is 0 Å². The first-order chi connectivity index (χ1) is 11.3. The van der Waals surface area contributed by atoms with Crippen LogP contribution in [0.3, 0.4) is 0 Å². The van der Waals surface area contributed by atoms with Gasteiger partial charge in [0.15, 0.2) is 5.78 Å². The number of hydrogen-bond donors (Lipinski definition) is 0. The quantitative estimate of drug-likeness (QED) is 0.483. The lowest BCUT2D eigenvalue weighted by Gasteiger charge is -2.04. The third-order valence-corrected chi connectivity index (χ3v) is 3.85. The molecule has 0 aliphatic rings. The van der Waals surface area contributed by atoms with Crippen molar-refractivity contribution in [2.75, 3.05) is 0 Å². The predicted octanol–water partition coefficient (Wildman–Crippen LogP) is 4.94. The number of ketones is 1. The smallest absolute Gasteiger partial charge is 0.185 e. The lowest BCUT2D eigenvalue weighted by molar-refractivity contribution is 0.104. The molecule has 114 valence electrons. The van der Waals surface area contributed by atoms with E-state index in [9.17, 15) is 4.79 Å². The highest BCUT2D eigenvalue weighted by Gasteiger charge is 2.03. The van der Waals surface area contributed by atoms with Gasteiger partial charge in [-0.3, -0.25) is 4.79 Å². The maximum atomic E-state index is 12.4. The summed E-state index contributed by atoms with van der Waals surface area (Å²) in [7, 11) is 0. The number of nitrogens with zero attached hydrogens (tertiary/aromatic N) is 1. The number of allylic oxidation sites excluding steroid dienone is 1. The molecule has 3 aromatic rings. The van der Waals surface area contributed by atoms with E-state index in [1.165, 1.54) is 5.56 Å². The number of aromatic nitrogens is 1. The summed E-state index contributed by atoms with van der Waals surface area (Å²) in [6, 6.07) is 19.9. The molecule has 0 aliphatic carbocycles. The topological polar surface area (TPSA) is 22.0 Å². The summed E-state index contributed by atoms with van der Waals surface area (Å²) in [4.78, 5) is 12.4. The molecule has 0 spiro atoms. The van der Waals surface area contributed by atoms with Gasteiger partial charge in [0.25, 0.3) is 0 Å². The normalized spacial score (nSPS) is 11.0. The van der Waals surface area contributed by atoms with Crippen LogP contribution < -0.4 is 0 Å². The van der Waals surface area contributed by atoms with Crippen molar-refractivity contribution in [2.24, 2.45) is 0 Å². The molecule has 0 aliphatic heterocycles. The average molecular weight is 301 g/mol. The van der Waals surface area contributed by atoms with Crippen LogP contribution in [0.25, 0.3) is 11.8 Å². The van der Waals surface area contributed by atoms with E-state index in [2.05, 4.69) is 19.1 Å². The molecule has 0 atom stereocenters. The minimum Gasteiger partial charge on any atom is -0.324 e. The zero-order valence-corrected chi connectivity index (χ0v) is 13.1. The molecule has 0 amide bonds. The van der Waals surface area contributed by atoms with Crippen molar-refractivity contribution in [3.05, 3.63) is 95.8 Å². The van der Waals surface area contributed by atoms with E-state index in [0.717, 1.165) is 17.7 Å². The van der Waals surface area contributed by atoms with Crippen LogP contribution in [0.1, 0.15) is 28.4 Å². The van der Waals surface area contributed by atoms with Crippen molar-refractivity contribution >= 4 is 11.9 Å². The summed E-state index contributed by atoms with van der Waals surface area (Å²) in [5.41, 5.74) is 4.02. The molecule has 0 unspecified atom stereocenters. The number of carbonyl (C=O) groups excluding carboxylic acids is 1. The van der Waals surface area contributed by atoms with Crippen LogP contribution in [0.2, 0.25) is 0 Å². The van der Waals surface area contributed by atoms with Gasteiger partial charge in [0.2, 0.25) is 0 Å². The third kappa shape index (κ3) is 3.67. The molecular formula is C21H19NO. The highest BCUT2D eigenvalue weighted by molar-refractivity contribution is 6.07. The van der Waals surface area contributed by atoms with Crippen LogP contribution in [-0.4, -0.2) is 10.4 Å². The predicted molar refractivity (Wildman–Crippen MR) is 95.0 cm³/mol. The van der Waals surface area contributed by atoms with Crippen molar-refractivity contribution < 1.29 is 4.79 Å². The minimum absolute atomic E-state index is 0.0126. The van der Waals surface area contributed by atoms with Gasteiger partial charge in [-0.15, -0.1) is 0 Å². The highest BCUT2D eigenvalue weighted by Crippen LogP contribution is 2.13. The van der Waals surface area contributed by atoms with Crippen LogP contribution in [0.4, 0.5) is 0 Å². The van der Waals surface area contributed by atoms with E-state index in [1.54, 1.807) is 6.08 Å². The van der Waals surface area contributed by atoms with Crippen LogP contribution in [0.5, 0.6) is 0 Å². The Kier molecular flexibility index (Phi) is 4.53. The SMILES string of the molecule is CCc1ccc(/C=C/C(=O)c2cccc(-n3cccc3)c2)cc1. The van der Waals surface area contributed by atoms with Gasteiger partial charge in [-0.1, -0.05) is 49.4 Å². The Morgan fingerprint density at radius 3 is 2.43 bits per heavy atom. The highest BCUT2D eigenvalue weighted by atomic mass is 16.1. The molecule has 2 nitrogen and oxygen atoms in total. The van der Waals surface area contributed by atoms with E-state index >= 15 is 0 Å². The van der Waals surface area contributed by atoms with E-state index in [1.807, 2.05) is 71.6 Å². The van der Waals surface area contributed by atoms with Crippen molar-refractivity contribution in [3.8, 4) is 5.69 Å². The van der Waals surface area contributed by atoms with Crippen molar-refractivity contribution in [3.63, 3.8) is 0 Å². The molecule has 2 aromatic carbocycles. The Hall–Kier alpha value is -2.87. The van der Waals surface area contributed by atoms with Gasteiger partial charge in [0, 0.05) is 23.6 Å². The standard InChI is InChI=1S/C21H19NO/c1-2-17-8-10-18(11-9-17)12-13-21(23)19-6-5-7-20(16-19)22-14-3-4-15-22/h3-16H,2H2,1H3/b13-12+. The number of carbonyl (C=O) groups is 1. The zero-order chi connectivity index (χ0) is 16.1. The molecule has 0 fully saturated rings. The fraction of sp³-hybridized carbons (Fsp3) is 0.0952. The van der Waals surface area contributed by atoms with Gasteiger partial charge in [0.05, 0.1) is 0 Å². The monoisotopic (exact) mass is 301 g/mol. The largest absolute Gasteiger partial charge is 0.324 e. The lowest BCUT2D eigenvalue weighted by Crippen LogP contribution is -1.97. The number of benzene rings is 2. The third-order valence-electron chi connectivity index (χ3n) is 3.85. The van der Waals surface area contributed by atoms with E-state index < -0.39 is 0 Å². The Morgan fingerprint density at radius 2 is 1.74 bits per heavy atom. The first kappa shape index (κ1) is 15.0. The van der Waals surface area contributed by atoms with Gasteiger partial charge in [-0.2, -0.15) is 0 Å². The van der Waals surface area contributed by atoms with Crippen LogP contribution >= 0.6 is 0 Å². The fourth-order valence-electron chi connectivity index (χ4n) is 2.46. The molecule has 2 heteroatoms. The minimum atomic E-state index is 0.0126. The molecule has 23 heavy (non-hydrogen) atoms. The maximum Gasteiger partial charge on any atom is 0.185 e. The summed E-state index contributed by atoms with van der Waals surface area (Å²) < 4.78 is 1.99. The molecule has 1 heterocycles. The Bertz CT molecular complexity index is 811. The van der Waals surface area contributed by atoms with E-state index in [-0.39, 0.29) is 5.78 Å². The lowest BCUT2D eigenvalue weighted by atomic mass is 10.1. The zero-order valence-electron chi connectivity index (χ0n) is 13.1. The Labute approximate surface area is 136 Å². The van der Waals surface area contributed by atoms with E-state index in [0.29, 0.717) is 5.56 Å². The molecule has 0 N–H and O–H groups in total. The van der Waals surface area contributed by atoms with Crippen LogP contribution in [0, 0.1) is 0 Å². The van der Waals surface area contributed by atoms with Gasteiger partial charge in [-0.05, 0) is 47.9 Å². The number of hydrogen-bond acceptors (Lipinski definition) is 1. The summed E-state index contributed by atoms with van der Waals surface area (Å²) in [5, 5.41) is 0. The number of aryl methyl sites for hydroxylation is 1. The summed E-state index contributed by atoms with van der Waals surface area (Å²) >= 11 is 0. The second-order valence-electron chi connectivity index (χ2n) is 5.43. The van der Waals surface area contributed by atoms with Crippen molar-refractivity contribution in [1.29, 1.82) is 0 Å². The van der Waals surface area contributed by atoms with Gasteiger partial charge >= 0.3 is 0 Å². The van der Waals surface area contributed by atoms with Crippen molar-refractivity contribution in [1.82, 2.24) is 4.57 Å². The van der Waals surface area contributed by atoms with Crippen LogP contribution in [0.15, 0.2) is 79.1 Å². The summed E-state index contributed by atoms with van der Waals surface area (Å²) in [6.45, 7) is 2.13. The molecule has 0 saturated carbocycles. The van der Waals surface area contributed by atoms with Crippen LogP contribution in [-0.2, 0) is 6.42 Å². The molecule has 0 radical (unpaired) electrons. The van der Waals surface area contributed by atoms with Gasteiger partial charge in [-0.25, -0.2) is 0 Å². The molecule has 1 aromatic heterocycles. The summed E-state index contributed by atoms with van der Waals surface area (Å²) in [5.74, 6) is 0.0126. The maximum absolute atomic E-state index is 12.4. The molecule has 0 saturated heterocycles. The average Bonchev–Trinajstić information content (AvgIpc) is 3.15. The molecular weight excluding hydrogens is 282 g/mol. The fourth-order valence-corrected chi connectivity index (χ4v) is 2.46. The molecule has 0 bridgehead atoms. The Balaban J connectivity index is 1.77. The second-order valence-corrected chi connectivity index (χ2v) is 5.43. The first-order valence-electron chi connectivity index (χ1n) is 7.81. The molecule has 3 rings (SSSR count). The Morgan fingerprint density at radius 1 is 1.00 bits per heavy atom. The second kappa shape index (κ2) is 6.93.